The predicted octanol–water partition coefficient (Wildman–Crippen LogP) is 3.76. The van der Waals surface area contributed by atoms with E-state index in [0.29, 0.717) is 5.91 Å². The maximum absolute atomic E-state index is 13.6. The number of carbonyl (C=O) groups excluding carboxylic acids is 1. The Kier molecular flexibility index (Phi) is 5.89. The molecule has 1 amide bonds. The predicted molar refractivity (Wildman–Crippen MR) is 125 cm³/mol. The molecule has 1 aliphatic carbocycles. The first-order valence-electron chi connectivity index (χ1n) is 11.9. The van der Waals surface area contributed by atoms with Crippen LogP contribution in [-0.4, -0.2) is 47.1 Å². The molecule has 1 aromatic carbocycles. The number of nitrogens with zero attached hydrogens (tertiary/aromatic N) is 3. The molecule has 0 unspecified atom stereocenters. The number of aromatic nitrogens is 1. The van der Waals surface area contributed by atoms with Gasteiger partial charge in [0, 0.05) is 54.6 Å². The van der Waals surface area contributed by atoms with Gasteiger partial charge in [0.25, 0.3) is 0 Å². The molecule has 3 heterocycles. The zero-order chi connectivity index (χ0) is 22.1. The second-order valence-electron chi connectivity index (χ2n) is 9.39. The van der Waals surface area contributed by atoms with E-state index in [-0.39, 0.29) is 30.5 Å². The fraction of sp³-hybridized carbons (Fsp3) is 0.481. The number of aliphatic hydroxyl groups is 1. The summed E-state index contributed by atoms with van der Waals surface area (Å²) in [4.78, 5) is 22.0. The van der Waals surface area contributed by atoms with Crippen molar-refractivity contribution in [3.05, 3.63) is 59.4 Å². The summed E-state index contributed by atoms with van der Waals surface area (Å²) in [5.41, 5.74) is 4.09. The van der Waals surface area contributed by atoms with E-state index in [4.69, 9.17) is 0 Å². The van der Waals surface area contributed by atoms with E-state index in [9.17, 15) is 9.90 Å². The minimum Gasteiger partial charge on any atom is -0.394 e. The highest BCUT2D eigenvalue weighted by atomic mass is 16.3. The zero-order valence-corrected chi connectivity index (χ0v) is 18.7. The number of anilines is 1. The van der Waals surface area contributed by atoms with Gasteiger partial charge in [-0.25, -0.2) is 0 Å². The van der Waals surface area contributed by atoms with Gasteiger partial charge in [-0.1, -0.05) is 31.1 Å². The molecule has 2 fully saturated rings. The van der Waals surface area contributed by atoms with E-state index < -0.39 is 0 Å². The third-order valence-electron chi connectivity index (χ3n) is 7.60. The highest BCUT2D eigenvalue weighted by Gasteiger charge is 2.48. The minimum atomic E-state index is 0.0212. The fourth-order valence-electron chi connectivity index (χ4n) is 5.94. The molecular weight excluding hydrogens is 398 g/mol. The quantitative estimate of drug-likeness (QED) is 0.739. The molecule has 5 heteroatoms. The van der Waals surface area contributed by atoms with Crippen LogP contribution in [0.4, 0.5) is 5.69 Å². The molecule has 0 spiro atoms. The van der Waals surface area contributed by atoms with E-state index >= 15 is 0 Å². The average molecular weight is 430 g/mol. The minimum absolute atomic E-state index is 0.0212. The number of rotatable bonds is 2. The van der Waals surface area contributed by atoms with Crippen molar-refractivity contribution in [1.82, 2.24) is 9.88 Å². The van der Waals surface area contributed by atoms with Gasteiger partial charge in [-0.15, -0.1) is 0 Å². The van der Waals surface area contributed by atoms with Gasteiger partial charge in [-0.3, -0.25) is 9.78 Å². The lowest BCUT2D eigenvalue weighted by atomic mass is 9.81. The van der Waals surface area contributed by atoms with E-state index in [2.05, 4.69) is 45.8 Å². The molecule has 0 radical (unpaired) electrons. The Morgan fingerprint density at radius 3 is 2.69 bits per heavy atom. The van der Waals surface area contributed by atoms with Gasteiger partial charge in [-0.05, 0) is 55.2 Å². The summed E-state index contributed by atoms with van der Waals surface area (Å²) >= 11 is 0. The number of benzene rings is 1. The Bertz CT molecular complexity index is 1040. The summed E-state index contributed by atoms with van der Waals surface area (Å²) in [5.74, 6) is 7.19. The van der Waals surface area contributed by atoms with Crippen LogP contribution in [0.25, 0.3) is 0 Å². The molecule has 1 N–H and O–H groups in total. The SMILES string of the molecule is CN1c2ccc(C#Cc3cccnc3)cc2[C@@H]2[C@@H](CCN2C(=O)C2CCCCC2)[C@H]1CO. The Morgan fingerprint density at radius 1 is 1.12 bits per heavy atom. The van der Waals surface area contributed by atoms with Crippen molar-refractivity contribution in [2.24, 2.45) is 11.8 Å². The van der Waals surface area contributed by atoms with E-state index in [1.54, 1.807) is 12.4 Å². The third kappa shape index (κ3) is 3.78. The molecule has 1 saturated heterocycles. The van der Waals surface area contributed by atoms with Crippen molar-refractivity contribution in [2.45, 2.75) is 50.6 Å². The Labute approximate surface area is 190 Å². The molecule has 3 atom stereocenters. The van der Waals surface area contributed by atoms with Gasteiger partial charge in [0.1, 0.15) is 0 Å². The first kappa shape index (κ1) is 21.0. The largest absolute Gasteiger partial charge is 0.394 e. The highest BCUT2D eigenvalue weighted by Crippen LogP contribution is 2.49. The summed E-state index contributed by atoms with van der Waals surface area (Å²) in [5, 5.41) is 10.2. The molecule has 2 aliphatic heterocycles. The first-order chi connectivity index (χ1) is 15.7. The smallest absolute Gasteiger partial charge is 0.226 e. The molecule has 3 aliphatic rings. The van der Waals surface area contributed by atoms with Crippen LogP contribution in [0, 0.1) is 23.7 Å². The number of likely N-dealkylation sites (tertiary alicyclic amines) is 1. The summed E-state index contributed by atoms with van der Waals surface area (Å²) in [6.45, 7) is 0.880. The van der Waals surface area contributed by atoms with Gasteiger partial charge in [0.2, 0.25) is 5.91 Å². The standard InChI is InChI=1S/C27H31N3O2/c1-29-24-12-11-19(9-10-20-6-5-14-28-17-20)16-23(24)26-22(25(29)18-31)13-15-30(26)27(32)21-7-3-2-4-8-21/h5-6,11-12,14,16-17,21-22,25-26,31H,2-4,7-8,13,15,18H2,1H3/t22-,25+,26-/m0/s1. The lowest BCUT2D eigenvalue weighted by Crippen LogP contribution is -2.49. The number of amides is 1. The molecule has 2 aromatic rings. The van der Waals surface area contributed by atoms with Crippen LogP contribution in [0.1, 0.15) is 61.3 Å². The second-order valence-corrected chi connectivity index (χ2v) is 9.39. The summed E-state index contributed by atoms with van der Waals surface area (Å²) in [6, 6.07) is 10.2. The van der Waals surface area contributed by atoms with Crippen LogP contribution in [-0.2, 0) is 4.79 Å². The van der Waals surface area contributed by atoms with Crippen molar-refractivity contribution in [1.29, 1.82) is 0 Å². The topological polar surface area (TPSA) is 56.7 Å². The Hall–Kier alpha value is -2.84. The Balaban J connectivity index is 1.51. The van der Waals surface area contributed by atoms with E-state index in [1.807, 2.05) is 18.2 Å². The van der Waals surface area contributed by atoms with Crippen molar-refractivity contribution in [3.63, 3.8) is 0 Å². The molecular formula is C27H31N3O2. The molecule has 1 saturated carbocycles. The molecule has 166 valence electrons. The molecule has 32 heavy (non-hydrogen) atoms. The number of hydrogen-bond donors (Lipinski definition) is 1. The highest BCUT2D eigenvalue weighted by molar-refractivity contribution is 5.80. The summed E-state index contributed by atoms with van der Waals surface area (Å²) in [7, 11) is 2.06. The fourth-order valence-corrected chi connectivity index (χ4v) is 5.94. The van der Waals surface area contributed by atoms with Crippen LogP contribution in [0.5, 0.6) is 0 Å². The van der Waals surface area contributed by atoms with Crippen LogP contribution in [0.2, 0.25) is 0 Å². The second kappa shape index (κ2) is 8.96. The molecule has 1 aromatic heterocycles. The molecule has 5 nitrogen and oxygen atoms in total. The lowest BCUT2D eigenvalue weighted by molar-refractivity contribution is -0.138. The number of likely N-dealkylation sites (N-methyl/N-ethyl adjacent to an activating group) is 1. The third-order valence-corrected chi connectivity index (χ3v) is 7.60. The summed E-state index contributed by atoms with van der Waals surface area (Å²) in [6.07, 6.45) is 10.0. The van der Waals surface area contributed by atoms with Crippen LogP contribution in [0.15, 0.2) is 42.7 Å². The van der Waals surface area contributed by atoms with Gasteiger partial charge in [0.05, 0.1) is 18.7 Å². The monoisotopic (exact) mass is 429 g/mol. The first-order valence-corrected chi connectivity index (χ1v) is 11.9. The van der Waals surface area contributed by atoms with Gasteiger partial charge in [-0.2, -0.15) is 0 Å². The molecule has 0 bridgehead atoms. The van der Waals surface area contributed by atoms with Crippen LogP contribution >= 0.6 is 0 Å². The van der Waals surface area contributed by atoms with Crippen molar-refractivity contribution in [2.75, 3.05) is 25.1 Å². The van der Waals surface area contributed by atoms with Crippen LogP contribution in [0.3, 0.4) is 0 Å². The van der Waals surface area contributed by atoms with E-state index in [0.717, 1.165) is 55.5 Å². The zero-order valence-electron chi connectivity index (χ0n) is 18.7. The Morgan fingerprint density at radius 2 is 1.94 bits per heavy atom. The van der Waals surface area contributed by atoms with E-state index in [1.165, 1.54) is 12.0 Å². The van der Waals surface area contributed by atoms with Gasteiger partial charge >= 0.3 is 0 Å². The maximum Gasteiger partial charge on any atom is 0.226 e. The van der Waals surface area contributed by atoms with Crippen molar-refractivity contribution < 1.29 is 9.90 Å². The normalized spacial score (nSPS) is 25.0. The average Bonchev–Trinajstić information content (AvgIpc) is 3.29. The van der Waals surface area contributed by atoms with Crippen molar-refractivity contribution >= 4 is 11.6 Å². The number of hydrogen-bond acceptors (Lipinski definition) is 4. The maximum atomic E-state index is 13.6. The lowest BCUT2D eigenvalue weighted by Gasteiger charge is -2.45. The van der Waals surface area contributed by atoms with Crippen molar-refractivity contribution in [3.8, 4) is 11.8 Å². The number of aliphatic hydroxyl groups excluding tert-OH is 1. The number of carbonyl (C=O) groups is 1. The summed E-state index contributed by atoms with van der Waals surface area (Å²) < 4.78 is 0. The number of pyridine rings is 1. The van der Waals surface area contributed by atoms with Gasteiger partial charge < -0.3 is 14.9 Å². The number of fused-ring (bicyclic) bond motifs is 3. The molecule has 5 rings (SSSR count). The van der Waals surface area contributed by atoms with Gasteiger partial charge in [0.15, 0.2) is 0 Å². The van der Waals surface area contributed by atoms with Crippen LogP contribution < -0.4 is 4.90 Å².